The standard InChI is InChI=1S/C7H15N/c1-3-7(2)4-5-8-6-7/h8H,3-6H2,1-2H3/i4D,5D2/hD. The van der Waals surface area contributed by atoms with Crippen LogP contribution >= 0.6 is 0 Å². The highest BCUT2D eigenvalue weighted by Crippen LogP contribution is 2.27. The fourth-order valence-corrected chi connectivity index (χ4v) is 0.687. The van der Waals surface area contributed by atoms with Crippen LogP contribution < -0.4 is 5.31 Å². The monoisotopic (exact) mass is 117 g/mol. The summed E-state index contributed by atoms with van der Waals surface area (Å²) in [7, 11) is 0. The molecular weight excluding hydrogens is 98.1 g/mol. The van der Waals surface area contributed by atoms with E-state index in [0.717, 1.165) is 11.7 Å². The zero-order valence-corrected chi connectivity index (χ0v) is 5.44. The molecule has 0 aromatic carbocycles. The van der Waals surface area contributed by atoms with E-state index in [4.69, 9.17) is 5.52 Å². The van der Waals surface area contributed by atoms with E-state index < -0.39 is 12.9 Å². The smallest absolute Gasteiger partial charge is 0.122 e. The van der Waals surface area contributed by atoms with Gasteiger partial charge in [-0.3, -0.25) is 0 Å². The zero-order valence-electron chi connectivity index (χ0n) is 9.44. The minimum absolute atomic E-state index is 0.352. The Labute approximate surface area is 57.2 Å². The summed E-state index contributed by atoms with van der Waals surface area (Å²) in [5, 5.41) is 0.897. The molecule has 0 saturated carbocycles. The van der Waals surface area contributed by atoms with E-state index in [2.05, 4.69) is 0 Å². The summed E-state index contributed by atoms with van der Waals surface area (Å²) in [4.78, 5) is 0. The summed E-state index contributed by atoms with van der Waals surface area (Å²) in [6, 6.07) is 0. The van der Waals surface area contributed by atoms with E-state index in [1.165, 1.54) is 0 Å². The van der Waals surface area contributed by atoms with Gasteiger partial charge in [-0.05, 0) is 24.7 Å². The second-order valence-electron chi connectivity index (χ2n) is 2.60. The van der Waals surface area contributed by atoms with Gasteiger partial charge >= 0.3 is 0 Å². The van der Waals surface area contributed by atoms with Crippen LogP contribution in [0.15, 0.2) is 0 Å². The third-order valence-electron chi connectivity index (χ3n) is 1.75. The van der Waals surface area contributed by atoms with E-state index in [1.807, 2.05) is 13.8 Å². The molecule has 2 unspecified atom stereocenters. The van der Waals surface area contributed by atoms with Crippen molar-refractivity contribution in [1.82, 2.24) is 5.31 Å². The zero-order chi connectivity index (χ0) is 9.57. The Morgan fingerprint density at radius 3 is 3.00 bits per heavy atom. The molecule has 1 nitrogen and oxygen atoms in total. The largest absolute Gasteiger partial charge is 0.316 e. The first kappa shape index (κ1) is 2.70. The Morgan fingerprint density at radius 2 is 2.75 bits per heavy atom. The van der Waals surface area contributed by atoms with Gasteiger partial charge in [0, 0.05) is 10.7 Å². The maximum absolute atomic E-state index is 7.68. The minimum Gasteiger partial charge on any atom is -0.316 e. The summed E-state index contributed by atoms with van der Waals surface area (Å²) < 4.78 is 30.0. The molecule has 0 bridgehead atoms. The Bertz CT molecular complexity index is 184. The predicted molar refractivity (Wildman–Crippen MR) is 35.9 cm³/mol. The number of hydrogen-bond acceptors (Lipinski definition) is 1. The van der Waals surface area contributed by atoms with Crippen LogP contribution in [0.2, 0.25) is 1.41 Å². The summed E-state index contributed by atoms with van der Waals surface area (Å²) >= 11 is 0. The van der Waals surface area contributed by atoms with E-state index in [-0.39, 0.29) is 5.41 Å². The molecule has 0 aromatic heterocycles. The molecule has 1 aliphatic rings. The van der Waals surface area contributed by atoms with Gasteiger partial charge in [-0.25, -0.2) is 0 Å². The molecule has 0 radical (unpaired) electrons. The fraction of sp³-hybridized carbons (Fsp3) is 1.00. The third-order valence-corrected chi connectivity index (χ3v) is 1.75. The summed E-state index contributed by atoms with van der Waals surface area (Å²) in [5.41, 5.74) is -0.370. The van der Waals surface area contributed by atoms with Crippen LogP contribution in [0, 0.1) is 5.41 Å². The van der Waals surface area contributed by atoms with Crippen molar-refractivity contribution >= 4 is 0 Å². The van der Waals surface area contributed by atoms with Crippen molar-refractivity contribution in [3.05, 3.63) is 0 Å². The van der Waals surface area contributed by atoms with Gasteiger partial charge in [-0.2, -0.15) is 0 Å². The molecule has 1 aliphatic heterocycles. The quantitative estimate of drug-likeness (QED) is 0.547. The Balaban J connectivity index is 2.90. The molecule has 2 atom stereocenters. The predicted octanol–water partition coefficient (Wildman–Crippen LogP) is 1.40. The molecule has 0 amide bonds. The molecular formula is C7H15N. The van der Waals surface area contributed by atoms with Crippen LogP contribution in [0.1, 0.15) is 30.8 Å². The normalized spacial score (nSPS) is 63.5. The SMILES string of the molecule is [2H]C1C(C)(CC)CN([2H])C1([2H])[2H]. The van der Waals surface area contributed by atoms with E-state index in [1.54, 1.807) is 0 Å². The van der Waals surface area contributed by atoms with Crippen LogP contribution in [0.5, 0.6) is 0 Å². The Kier molecular flexibility index (Phi) is 0.694. The van der Waals surface area contributed by atoms with Crippen molar-refractivity contribution in [1.29, 1.82) is 0 Å². The first-order valence-corrected chi connectivity index (χ1v) is 3.03. The maximum Gasteiger partial charge on any atom is 0.122 e. The lowest BCUT2D eigenvalue weighted by molar-refractivity contribution is 0.351. The lowest BCUT2D eigenvalue weighted by Gasteiger charge is -2.18. The van der Waals surface area contributed by atoms with E-state index in [9.17, 15) is 0 Å². The first-order chi connectivity index (χ1) is 5.34. The van der Waals surface area contributed by atoms with Gasteiger partial charge in [0.15, 0.2) is 0 Å². The van der Waals surface area contributed by atoms with Gasteiger partial charge < -0.3 is 5.31 Å². The van der Waals surface area contributed by atoms with Gasteiger partial charge in [0.05, 0.1) is 0 Å². The molecule has 1 fully saturated rings. The van der Waals surface area contributed by atoms with Crippen molar-refractivity contribution < 1.29 is 5.52 Å². The minimum atomic E-state index is -1.79. The first-order valence-electron chi connectivity index (χ1n) is 5.06. The van der Waals surface area contributed by atoms with Crippen molar-refractivity contribution in [3.8, 4) is 0 Å². The summed E-state index contributed by atoms with van der Waals surface area (Å²) in [6.07, 6.45) is -0.0664. The Hall–Kier alpha value is -0.0400. The molecule has 1 saturated heterocycles. The molecule has 0 aliphatic carbocycles. The van der Waals surface area contributed by atoms with Crippen molar-refractivity contribution in [2.45, 2.75) is 26.7 Å². The molecule has 1 rings (SSSR count). The van der Waals surface area contributed by atoms with Gasteiger partial charge in [0.25, 0.3) is 0 Å². The second-order valence-corrected chi connectivity index (χ2v) is 2.60. The lowest BCUT2D eigenvalue weighted by Crippen LogP contribution is -2.18. The highest BCUT2D eigenvalue weighted by Gasteiger charge is 2.25. The molecule has 8 heavy (non-hydrogen) atoms. The highest BCUT2D eigenvalue weighted by molar-refractivity contribution is 4.81. The fourth-order valence-electron chi connectivity index (χ4n) is 0.687. The van der Waals surface area contributed by atoms with Crippen LogP contribution in [0.4, 0.5) is 0 Å². The topological polar surface area (TPSA) is 12.0 Å². The van der Waals surface area contributed by atoms with Gasteiger partial charge in [-0.1, -0.05) is 13.8 Å². The maximum atomic E-state index is 7.68. The highest BCUT2D eigenvalue weighted by atomic mass is 14.9. The van der Waals surface area contributed by atoms with Crippen molar-refractivity contribution in [2.75, 3.05) is 13.0 Å². The molecule has 1 heterocycles. The van der Waals surface area contributed by atoms with Crippen molar-refractivity contribution in [2.24, 2.45) is 5.41 Å². The summed E-state index contributed by atoms with van der Waals surface area (Å²) in [6.45, 7) is 2.38. The molecule has 0 aromatic rings. The molecule has 0 spiro atoms. The molecule has 1 heteroatoms. The number of hydrogen-bond donors (Lipinski definition) is 1. The second kappa shape index (κ2) is 2.06. The molecule has 1 N–H and O–H groups in total. The van der Waals surface area contributed by atoms with Crippen LogP contribution in [0.25, 0.3) is 0 Å². The van der Waals surface area contributed by atoms with Crippen LogP contribution in [-0.2, 0) is 0 Å². The lowest BCUT2D eigenvalue weighted by atomic mass is 9.87. The van der Waals surface area contributed by atoms with Crippen molar-refractivity contribution in [3.63, 3.8) is 0 Å². The summed E-state index contributed by atoms with van der Waals surface area (Å²) in [5.74, 6) is 0. The van der Waals surface area contributed by atoms with Gasteiger partial charge in [0.1, 0.15) is 1.41 Å². The third kappa shape index (κ3) is 1.03. The average Bonchev–Trinajstić information content (AvgIpc) is 2.14. The van der Waals surface area contributed by atoms with E-state index >= 15 is 0 Å². The van der Waals surface area contributed by atoms with Gasteiger partial charge in [0.2, 0.25) is 0 Å². The van der Waals surface area contributed by atoms with Crippen LogP contribution in [-0.4, -0.2) is 13.0 Å². The number of rotatable bonds is 1. The van der Waals surface area contributed by atoms with Gasteiger partial charge in [-0.15, -0.1) is 0 Å². The van der Waals surface area contributed by atoms with Crippen LogP contribution in [0.3, 0.4) is 0 Å². The van der Waals surface area contributed by atoms with E-state index in [0.29, 0.717) is 6.54 Å². The molecule has 48 valence electrons. The number of nitrogens with one attached hydrogen (secondary N) is 1. The Morgan fingerprint density at radius 1 is 2.00 bits per heavy atom. The average molecular weight is 117 g/mol.